The van der Waals surface area contributed by atoms with Crippen LogP contribution in [0.2, 0.25) is 0 Å². The molecule has 0 aromatic carbocycles. The van der Waals surface area contributed by atoms with E-state index in [4.69, 9.17) is 39.2 Å². The van der Waals surface area contributed by atoms with E-state index in [1.807, 2.05) is 27.7 Å². The highest BCUT2D eigenvalue weighted by molar-refractivity contribution is 8.54. The van der Waals surface area contributed by atoms with E-state index < -0.39 is 43.2 Å². The molecular weight excluding hydrogens is 405 g/mol. The molecule has 2 heterocycles. The van der Waals surface area contributed by atoms with E-state index >= 15 is 0 Å². The largest absolute Gasteiger partial charge is 0.770 e. The molecule has 0 spiro atoms. The molecule has 12 heteroatoms. The van der Waals surface area contributed by atoms with Gasteiger partial charge in [0.15, 0.2) is 6.80 Å². The van der Waals surface area contributed by atoms with Crippen molar-refractivity contribution < 1.29 is 38.0 Å². The van der Waals surface area contributed by atoms with E-state index in [9.17, 15) is 14.6 Å². The topological polar surface area (TPSA) is 107 Å². The normalized spacial score (nSPS) is 38.4. The third-order valence-corrected chi connectivity index (χ3v) is 7.24. The zero-order chi connectivity index (χ0) is 21.1. The predicted octanol–water partition coefficient (Wildman–Crippen LogP) is 0.330. The second kappa shape index (κ2) is 10.6. The van der Waals surface area contributed by atoms with Gasteiger partial charge in [-0.3, -0.25) is 4.57 Å². The Bertz CT molecular complexity index is 543. The third-order valence-electron chi connectivity index (χ3n) is 4.29. The van der Waals surface area contributed by atoms with Gasteiger partial charge in [-0.15, -0.1) is 0 Å². The Hall–Kier alpha value is 0.430. The summed E-state index contributed by atoms with van der Waals surface area (Å²) in [5.74, 6) is 0.0920. The number of hydrogen-bond acceptors (Lipinski definition) is 9. The van der Waals surface area contributed by atoms with Gasteiger partial charge >= 0.3 is 0 Å². The van der Waals surface area contributed by atoms with Crippen molar-refractivity contribution >= 4 is 33.9 Å². The average Bonchev–Trinajstić information content (AvgIpc) is 3.04. The Morgan fingerprint density at radius 2 is 1.89 bits per heavy atom. The van der Waals surface area contributed by atoms with Gasteiger partial charge in [0.2, 0.25) is 0 Å². The van der Waals surface area contributed by atoms with E-state index in [-0.39, 0.29) is 30.7 Å². The molecular formula is C16H28B2O8PS-. The molecule has 0 saturated carbocycles. The number of hydrogen-bond donors (Lipinski definition) is 1. The Morgan fingerprint density at radius 3 is 2.50 bits per heavy atom. The summed E-state index contributed by atoms with van der Waals surface area (Å²) in [5, 5.41) is 10.2. The Morgan fingerprint density at radius 1 is 1.21 bits per heavy atom. The molecule has 2 aliphatic rings. The first kappa shape index (κ1) is 24.7. The molecule has 1 N–H and O–H groups in total. The van der Waals surface area contributed by atoms with Crippen LogP contribution in [-0.4, -0.2) is 87.9 Å². The minimum atomic E-state index is -4.38. The molecule has 8 nitrogen and oxygen atoms in total. The molecule has 2 aliphatic heterocycles. The maximum Gasteiger partial charge on any atom is 0.192 e. The van der Waals surface area contributed by atoms with Crippen molar-refractivity contribution in [2.45, 2.75) is 88.9 Å². The minimum Gasteiger partial charge on any atom is -0.770 e. The maximum atomic E-state index is 12.5. The minimum absolute atomic E-state index is 0.0318. The lowest BCUT2D eigenvalue weighted by atomic mass is 9.93. The fourth-order valence-corrected chi connectivity index (χ4v) is 5.76. The van der Waals surface area contributed by atoms with Crippen LogP contribution in [-0.2, 0) is 28.0 Å². The van der Waals surface area contributed by atoms with Crippen molar-refractivity contribution in [2.75, 3.05) is 12.4 Å². The van der Waals surface area contributed by atoms with Crippen LogP contribution in [0.5, 0.6) is 0 Å². The lowest BCUT2D eigenvalue weighted by Gasteiger charge is -2.31. The molecule has 3 unspecified atom stereocenters. The van der Waals surface area contributed by atoms with Crippen molar-refractivity contribution in [1.29, 1.82) is 0 Å². The van der Waals surface area contributed by atoms with E-state index in [2.05, 4.69) is 0 Å². The molecule has 2 rings (SSSR count). The molecule has 2 fully saturated rings. The first-order chi connectivity index (χ1) is 13.0. The van der Waals surface area contributed by atoms with Crippen LogP contribution >= 0.6 is 18.2 Å². The van der Waals surface area contributed by atoms with Crippen molar-refractivity contribution in [3.05, 3.63) is 0 Å². The fraction of sp³-hybridized carbons (Fsp3) is 1.00. The molecule has 0 aliphatic carbocycles. The predicted molar refractivity (Wildman–Crippen MR) is 105 cm³/mol. The summed E-state index contributed by atoms with van der Waals surface area (Å²) in [6, 6.07) is -1.54. The number of rotatable bonds is 10. The van der Waals surface area contributed by atoms with Crippen LogP contribution in [0.4, 0.5) is 0 Å². The summed E-state index contributed by atoms with van der Waals surface area (Å²) in [4.78, 5) is 12.5. The highest BCUT2D eigenvalue weighted by atomic mass is 32.7. The van der Waals surface area contributed by atoms with Crippen molar-refractivity contribution in [3.8, 4) is 0 Å². The standard InChI is InChI=1S/C16H29B2O8PS/c1-8(2)22-6-11-15(14(19)16(18)25-11)26-27(20,21)28-7-12-10(23-9(3)4)5-13(17)24-12/h8-16,19H,5-7H2,1-4H3,(H,20,21)/p-1/t10?,11-,12-,13-,14+,15?,16-/m1/s1. The van der Waals surface area contributed by atoms with Gasteiger partial charge < -0.3 is 33.5 Å². The van der Waals surface area contributed by atoms with Crippen molar-refractivity contribution in [1.82, 2.24) is 0 Å². The first-order valence-electron chi connectivity index (χ1n) is 9.39. The van der Waals surface area contributed by atoms with Crippen LogP contribution in [0, 0.1) is 0 Å². The Labute approximate surface area is 173 Å². The summed E-state index contributed by atoms with van der Waals surface area (Å²) >= 11 is 0.594. The van der Waals surface area contributed by atoms with Crippen molar-refractivity contribution in [2.24, 2.45) is 0 Å². The van der Waals surface area contributed by atoms with Gasteiger partial charge in [0.1, 0.15) is 34.0 Å². The lowest BCUT2D eigenvalue weighted by Crippen LogP contribution is -2.38. The molecule has 0 aromatic heterocycles. The molecule has 8 atom stereocenters. The zero-order valence-electron chi connectivity index (χ0n) is 16.6. The zero-order valence-corrected chi connectivity index (χ0v) is 18.3. The van der Waals surface area contributed by atoms with Gasteiger partial charge in [0, 0.05) is 17.8 Å². The summed E-state index contributed by atoms with van der Waals surface area (Å²) in [6.07, 6.45) is -3.60. The number of ether oxygens (including phenoxy) is 4. The van der Waals surface area contributed by atoms with Crippen LogP contribution in [0.25, 0.3) is 0 Å². The van der Waals surface area contributed by atoms with Gasteiger partial charge in [-0.1, -0.05) is 11.4 Å². The van der Waals surface area contributed by atoms with E-state index in [1.54, 1.807) is 0 Å². The lowest BCUT2D eigenvalue weighted by molar-refractivity contribution is -0.198. The van der Waals surface area contributed by atoms with E-state index in [0.29, 0.717) is 17.8 Å². The molecule has 0 aromatic rings. The first-order valence-corrected chi connectivity index (χ1v) is 12.5. The molecule has 0 bridgehead atoms. The fourth-order valence-electron chi connectivity index (χ4n) is 3.05. The van der Waals surface area contributed by atoms with Crippen molar-refractivity contribution in [3.63, 3.8) is 0 Å². The molecule has 28 heavy (non-hydrogen) atoms. The quantitative estimate of drug-likeness (QED) is 0.386. The average molecular weight is 433 g/mol. The highest BCUT2D eigenvalue weighted by Crippen LogP contribution is 2.54. The highest BCUT2D eigenvalue weighted by Gasteiger charge is 2.44. The van der Waals surface area contributed by atoms with Gasteiger partial charge in [-0.05, 0) is 34.1 Å². The van der Waals surface area contributed by atoms with Crippen LogP contribution in [0.3, 0.4) is 0 Å². The third kappa shape index (κ3) is 7.29. The van der Waals surface area contributed by atoms with Gasteiger partial charge in [0.25, 0.3) is 0 Å². The Balaban J connectivity index is 1.93. The maximum absolute atomic E-state index is 12.5. The number of aliphatic hydroxyl groups is 1. The smallest absolute Gasteiger partial charge is 0.192 e. The summed E-state index contributed by atoms with van der Waals surface area (Å²) in [5.41, 5.74) is 0. The monoisotopic (exact) mass is 433 g/mol. The van der Waals surface area contributed by atoms with E-state index in [1.165, 1.54) is 0 Å². The molecule has 4 radical (unpaired) electrons. The second-order valence-electron chi connectivity index (χ2n) is 7.50. The summed E-state index contributed by atoms with van der Waals surface area (Å²) in [7, 11) is 11.5. The van der Waals surface area contributed by atoms with Gasteiger partial charge in [-0.2, -0.15) is 0 Å². The van der Waals surface area contributed by atoms with Crippen LogP contribution < -0.4 is 4.89 Å². The molecule has 158 valence electrons. The van der Waals surface area contributed by atoms with Gasteiger partial charge in [0.05, 0.1) is 31.0 Å². The van der Waals surface area contributed by atoms with Crippen LogP contribution in [0.15, 0.2) is 0 Å². The summed E-state index contributed by atoms with van der Waals surface area (Å²) in [6.45, 7) is 3.11. The number of aliphatic hydroxyl groups excluding tert-OH is 1. The van der Waals surface area contributed by atoms with Crippen LogP contribution in [0.1, 0.15) is 34.1 Å². The second-order valence-corrected chi connectivity index (χ2v) is 11.3. The Kier molecular flexibility index (Phi) is 9.39. The molecule has 2 saturated heterocycles. The van der Waals surface area contributed by atoms with E-state index in [0.717, 1.165) is 0 Å². The molecule has 0 amide bonds. The SMILES string of the molecule is [B][C@@H]1O[C@H](COC(C)C)C(OP(=O)([O-])SC[C@H]2O[C@@H]([B])CC2OC(C)C)[C@@H]1O. The summed E-state index contributed by atoms with van der Waals surface area (Å²) < 4.78 is 39.9. The van der Waals surface area contributed by atoms with Gasteiger partial charge in [-0.25, -0.2) is 0 Å².